The van der Waals surface area contributed by atoms with Crippen LogP contribution in [0.5, 0.6) is 11.5 Å². The van der Waals surface area contributed by atoms with E-state index in [1.807, 2.05) is 30.3 Å². The first-order chi connectivity index (χ1) is 13.7. The number of nitrogens with one attached hydrogen (secondary N) is 1. The number of rotatable bonds is 7. The summed E-state index contributed by atoms with van der Waals surface area (Å²) in [5.74, 6) is 1.04. The zero-order chi connectivity index (χ0) is 19.8. The predicted octanol–water partition coefficient (Wildman–Crippen LogP) is 2.30. The fourth-order valence-corrected chi connectivity index (χ4v) is 2.93. The molecule has 28 heavy (non-hydrogen) atoms. The molecule has 1 N–H and O–H groups in total. The molecule has 3 rings (SSSR count). The molecule has 2 aromatic carbocycles. The molecule has 7 nitrogen and oxygen atoms in total. The second-order valence-corrected chi connectivity index (χ2v) is 6.39. The first-order valence-corrected chi connectivity index (χ1v) is 9.14. The summed E-state index contributed by atoms with van der Waals surface area (Å²) in [7, 11) is 3.16. The minimum Gasteiger partial charge on any atom is -0.497 e. The van der Waals surface area contributed by atoms with Gasteiger partial charge in [0, 0.05) is 36.8 Å². The van der Waals surface area contributed by atoms with E-state index in [9.17, 15) is 4.79 Å². The van der Waals surface area contributed by atoms with E-state index < -0.39 is 0 Å². The Morgan fingerprint density at radius 3 is 2.57 bits per heavy atom. The lowest BCUT2D eigenvalue weighted by molar-refractivity contribution is 0.0342. The molecule has 0 aromatic heterocycles. The van der Waals surface area contributed by atoms with E-state index in [1.54, 1.807) is 32.6 Å². The van der Waals surface area contributed by atoms with Crippen LogP contribution >= 0.6 is 0 Å². The normalized spacial score (nSPS) is 14.8. The fraction of sp³-hybridized carbons (Fsp3) is 0.333. The van der Waals surface area contributed by atoms with Gasteiger partial charge in [0.05, 0.1) is 33.6 Å². The number of hydrazone groups is 1. The number of benzene rings is 2. The predicted molar refractivity (Wildman–Crippen MR) is 107 cm³/mol. The molecule has 1 heterocycles. The van der Waals surface area contributed by atoms with E-state index in [4.69, 9.17) is 14.2 Å². The van der Waals surface area contributed by atoms with Crippen molar-refractivity contribution < 1.29 is 19.0 Å². The van der Waals surface area contributed by atoms with Gasteiger partial charge in [0.1, 0.15) is 11.5 Å². The van der Waals surface area contributed by atoms with E-state index in [0.717, 1.165) is 38.4 Å². The van der Waals surface area contributed by atoms with Gasteiger partial charge in [-0.1, -0.05) is 12.1 Å². The molecule has 0 radical (unpaired) electrons. The molecule has 1 aliphatic heterocycles. The third kappa shape index (κ3) is 5.31. The SMILES string of the molecule is COc1ccc(C=NNC(=O)c2ccc(CN3CCOCC3)cc2)c(OC)c1. The highest BCUT2D eigenvalue weighted by Crippen LogP contribution is 2.23. The Morgan fingerprint density at radius 2 is 1.89 bits per heavy atom. The number of morpholine rings is 1. The molecule has 0 unspecified atom stereocenters. The third-order valence-electron chi connectivity index (χ3n) is 4.54. The van der Waals surface area contributed by atoms with Crippen LogP contribution in [0.2, 0.25) is 0 Å². The first kappa shape index (κ1) is 19.9. The number of methoxy groups -OCH3 is 2. The molecule has 0 atom stereocenters. The number of nitrogens with zero attached hydrogens (tertiary/aromatic N) is 2. The van der Waals surface area contributed by atoms with Crippen LogP contribution in [0.25, 0.3) is 0 Å². The number of carbonyl (C=O) groups is 1. The van der Waals surface area contributed by atoms with E-state index in [2.05, 4.69) is 15.4 Å². The number of amides is 1. The van der Waals surface area contributed by atoms with Gasteiger partial charge < -0.3 is 14.2 Å². The lowest BCUT2D eigenvalue weighted by Crippen LogP contribution is -2.35. The zero-order valence-corrected chi connectivity index (χ0v) is 16.2. The molecule has 1 amide bonds. The standard InChI is InChI=1S/C21H25N3O4/c1-26-19-8-7-18(20(13-19)27-2)14-22-23-21(25)17-5-3-16(4-6-17)15-24-9-11-28-12-10-24/h3-8,13-14H,9-12,15H2,1-2H3,(H,23,25). The van der Waals surface area contributed by atoms with Crippen LogP contribution in [-0.4, -0.2) is 57.5 Å². The van der Waals surface area contributed by atoms with Gasteiger partial charge in [0.2, 0.25) is 0 Å². The van der Waals surface area contributed by atoms with Gasteiger partial charge in [-0.25, -0.2) is 5.43 Å². The van der Waals surface area contributed by atoms with Crippen molar-refractivity contribution >= 4 is 12.1 Å². The van der Waals surface area contributed by atoms with Crippen molar-refractivity contribution in [3.8, 4) is 11.5 Å². The van der Waals surface area contributed by atoms with E-state index >= 15 is 0 Å². The Balaban J connectivity index is 1.56. The summed E-state index contributed by atoms with van der Waals surface area (Å²) in [4.78, 5) is 14.6. The van der Waals surface area contributed by atoms with Crippen LogP contribution < -0.4 is 14.9 Å². The van der Waals surface area contributed by atoms with Crippen molar-refractivity contribution in [3.05, 3.63) is 59.2 Å². The Bertz CT molecular complexity index is 815. The van der Waals surface area contributed by atoms with Gasteiger partial charge in [-0.05, 0) is 29.8 Å². The summed E-state index contributed by atoms with van der Waals surface area (Å²) in [5.41, 5.74) is 5.02. The van der Waals surface area contributed by atoms with Gasteiger partial charge >= 0.3 is 0 Å². The highest BCUT2D eigenvalue weighted by atomic mass is 16.5. The van der Waals surface area contributed by atoms with Crippen LogP contribution in [0.15, 0.2) is 47.6 Å². The summed E-state index contributed by atoms with van der Waals surface area (Å²) in [6.07, 6.45) is 1.54. The maximum absolute atomic E-state index is 12.3. The van der Waals surface area contributed by atoms with Crippen molar-refractivity contribution in [1.29, 1.82) is 0 Å². The number of hydrogen-bond donors (Lipinski definition) is 1. The average Bonchev–Trinajstić information content (AvgIpc) is 2.75. The van der Waals surface area contributed by atoms with Crippen molar-refractivity contribution in [2.75, 3.05) is 40.5 Å². The van der Waals surface area contributed by atoms with Gasteiger partial charge in [-0.2, -0.15) is 5.10 Å². The van der Waals surface area contributed by atoms with Crippen LogP contribution in [-0.2, 0) is 11.3 Å². The van der Waals surface area contributed by atoms with Crippen LogP contribution in [0, 0.1) is 0 Å². The molecule has 0 spiro atoms. The van der Waals surface area contributed by atoms with E-state index in [-0.39, 0.29) is 5.91 Å². The molecule has 148 valence electrons. The number of ether oxygens (including phenoxy) is 3. The zero-order valence-electron chi connectivity index (χ0n) is 16.2. The maximum atomic E-state index is 12.3. The Kier molecular flexibility index (Phi) is 7.00. The third-order valence-corrected chi connectivity index (χ3v) is 4.54. The summed E-state index contributed by atoms with van der Waals surface area (Å²) in [5, 5.41) is 4.03. The van der Waals surface area contributed by atoms with E-state index in [0.29, 0.717) is 17.1 Å². The molecule has 2 aromatic rings. The number of hydrogen-bond acceptors (Lipinski definition) is 6. The summed E-state index contributed by atoms with van der Waals surface area (Å²) in [6.45, 7) is 4.28. The van der Waals surface area contributed by atoms with Gasteiger partial charge in [-0.15, -0.1) is 0 Å². The minimum atomic E-state index is -0.262. The monoisotopic (exact) mass is 383 g/mol. The van der Waals surface area contributed by atoms with Gasteiger partial charge in [0.25, 0.3) is 5.91 Å². The highest BCUT2D eigenvalue weighted by Gasteiger charge is 2.11. The van der Waals surface area contributed by atoms with Crippen molar-refractivity contribution in [2.45, 2.75) is 6.54 Å². The molecular weight excluding hydrogens is 358 g/mol. The summed E-state index contributed by atoms with van der Waals surface area (Å²) in [6, 6.07) is 13.0. The maximum Gasteiger partial charge on any atom is 0.271 e. The summed E-state index contributed by atoms with van der Waals surface area (Å²) < 4.78 is 15.8. The molecular formula is C21H25N3O4. The largest absolute Gasteiger partial charge is 0.497 e. The molecule has 0 bridgehead atoms. The van der Waals surface area contributed by atoms with Crippen molar-refractivity contribution in [3.63, 3.8) is 0 Å². The molecule has 1 saturated heterocycles. The molecule has 0 saturated carbocycles. The Hall–Kier alpha value is -2.90. The first-order valence-electron chi connectivity index (χ1n) is 9.14. The average molecular weight is 383 g/mol. The number of carbonyl (C=O) groups excluding carboxylic acids is 1. The van der Waals surface area contributed by atoms with E-state index in [1.165, 1.54) is 5.56 Å². The highest BCUT2D eigenvalue weighted by molar-refractivity contribution is 5.95. The van der Waals surface area contributed by atoms with Gasteiger partial charge in [-0.3, -0.25) is 9.69 Å². The van der Waals surface area contributed by atoms with Crippen LogP contribution in [0.3, 0.4) is 0 Å². The molecule has 1 aliphatic rings. The molecule has 7 heteroatoms. The quantitative estimate of drug-likeness (QED) is 0.587. The van der Waals surface area contributed by atoms with Crippen molar-refractivity contribution in [2.24, 2.45) is 5.10 Å². The second-order valence-electron chi connectivity index (χ2n) is 6.39. The van der Waals surface area contributed by atoms with Crippen molar-refractivity contribution in [1.82, 2.24) is 10.3 Å². The Morgan fingerprint density at radius 1 is 1.14 bits per heavy atom. The van der Waals surface area contributed by atoms with Gasteiger partial charge in [0.15, 0.2) is 0 Å². The fourth-order valence-electron chi connectivity index (χ4n) is 2.93. The lowest BCUT2D eigenvalue weighted by Gasteiger charge is -2.26. The Labute approximate surface area is 164 Å². The smallest absolute Gasteiger partial charge is 0.271 e. The second kappa shape index (κ2) is 9.87. The molecule has 1 fully saturated rings. The molecule has 0 aliphatic carbocycles. The lowest BCUT2D eigenvalue weighted by atomic mass is 10.1. The van der Waals surface area contributed by atoms with Crippen LogP contribution in [0.1, 0.15) is 21.5 Å². The minimum absolute atomic E-state index is 0.262. The van der Waals surface area contributed by atoms with Crippen LogP contribution in [0.4, 0.5) is 0 Å². The summed E-state index contributed by atoms with van der Waals surface area (Å²) >= 11 is 0. The topological polar surface area (TPSA) is 72.4 Å².